The van der Waals surface area contributed by atoms with E-state index in [4.69, 9.17) is 9.47 Å². The fourth-order valence-corrected chi connectivity index (χ4v) is 2.70. The third-order valence-electron chi connectivity index (χ3n) is 3.94. The third kappa shape index (κ3) is 3.67. The molecule has 5 heteroatoms. The summed E-state index contributed by atoms with van der Waals surface area (Å²) in [5.41, 5.74) is 1.32. The van der Waals surface area contributed by atoms with Crippen molar-refractivity contribution in [3.05, 3.63) is 71.8 Å². The number of carbonyl (C=O) groups is 2. The van der Waals surface area contributed by atoms with Gasteiger partial charge in [-0.3, -0.25) is 4.79 Å². The maximum atomic E-state index is 12.7. The molecule has 3 rings (SSSR count). The van der Waals surface area contributed by atoms with Gasteiger partial charge >= 0.3 is 5.97 Å². The maximum absolute atomic E-state index is 12.7. The number of benzene rings is 3. The van der Waals surface area contributed by atoms with Crippen LogP contribution in [0.3, 0.4) is 0 Å². The van der Waals surface area contributed by atoms with Crippen LogP contribution in [0, 0.1) is 0 Å². The number of ether oxygens (including phenoxy) is 2. The Labute approximate surface area is 151 Å². The number of fused-ring (bicyclic) bond motifs is 1. The lowest BCUT2D eigenvalue weighted by molar-refractivity contribution is 0.0526. The number of rotatable bonds is 5. The molecule has 0 aliphatic rings. The molecule has 0 unspecified atom stereocenters. The minimum absolute atomic E-state index is 0.295. The van der Waals surface area contributed by atoms with Crippen molar-refractivity contribution in [2.24, 2.45) is 0 Å². The van der Waals surface area contributed by atoms with E-state index in [1.165, 1.54) is 7.11 Å². The van der Waals surface area contributed by atoms with Gasteiger partial charge in [0.05, 0.1) is 24.8 Å². The van der Waals surface area contributed by atoms with Gasteiger partial charge in [-0.1, -0.05) is 30.3 Å². The first-order chi connectivity index (χ1) is 12.6. The smallest absolute Gasteiger partial charge is 0.338 e. The second kappa shape index (κ2) is 7.70. The zero-order valence-corrected chi connectivity index (χ0v) is 14.6. The molecule has 0 heterocycles. The number of hydrogen-bond acceptors (Lipinski definition) is 4. The highest BCUT2D eigenvalue weighted by Gasteiger charge is 2.15. The van der Waals surface area contributed by atoms with Gasteiger partial charge < -0.3 is 14.8 Å². The summed E-state index contributed by atoms with van der Waals surface area (Å²) in [6.45, 7) is 2.04. The number of amides is 1. The van der Waals surface area contributed by atoms with E-state index < -0.39 is 5.97 Å². The van der Waals surface area contributed by atoms with Crippen LogP contribution < -0.4 is 10.1 Å². The molecular weight excluding hydrogens is 330 g/mol. The summed E-state index contributed by atoms with van der Waals surface area (Å²) >= 11 is 0. The molecule has 0 saturated carbocycles. The Bertz CT molecular complexity index is 965. The fraction of sp³-hybridized carbons (Fsp3) is 0.143. The Morgan fingerprint density at radius 1 is 0.962 bits per heavy atom. The van der Waals surface area contributed by atoms with Gasteiger partial charge in [-0.05, 0) is 48.0 Å². The van der Waals surface area contributed by atoms with Crippen molar-refractivity contribution in [2.75, 3.05) is 19.0 Å². The monoisotopic (exact) mass is 349 g/mol. The topological polar surface area (TPSA) is 64.6 Å². The van der Waals surface area contributed by atoms with Crippen LogP contribution in [-0.4, -0.2) is 25.6 Å². The molecule has 0 fully saturated rings. The predicted octanol–water partition coefficient (Wildman–Crippen LogP) is 4.28. The van der Waals surface area contributed by atoms with Gasteiger partial charge in [-0.2, -0.15) is 0 Å². The molecule has 0 aliphatic carbocycles. The van der Waals surface area contributed by atoms with E-state index in [2.05, 4.69) is 5.32 Å². The number of esters is 1. The van der Waals surface area contributed by atoms with Crippen molar-refractivity contribution >= 4 is 28.3 Å². The molecule has 26 heavy (non-hydrogen) atoms. The molecule has 1 amide bonds. The van der Waals surface area contributed by atoms with Crippen LogP contribution in [0.1, 0.15) is 27.6 Å². The number of nitrogens with one attached hydrogen (secondary N) is 1. The van der Waals surface area contributed by atoms with Crippen LogP contribution in [0.4, 0.5) is 5.69 Å². The lowest BCUT2D eigenvalue weighted by atomic mass is 10.1. The van der Waals surface area contributed by atoms with Crippen LogP contribution in [0.5, 0.6) is 5.75 Å². The molecule has 3 aromatic carbocycles. The highest BCUT2D eigenvalue weighted by molar-refractivity contribution is 6.09. The van der Waals surface area contributed by atoms with Crippen LogP contribution in [0.25, 0.3) is 10.8 Å². The van der Waals surface area contributed by atoms with E-state index in [0.717, 1.165) is 10.8 Å². The number of anilines is 1. The SMILES string of the molecule is CCOC(=O)c1cccc(NC(=O)c2cc3ccccc3cc2OC)c1. The summed E-state index contributed by atoms with van der Waals surface area (Å²) in [5.74, 6) is -0.247. The average Bonchev–Trinajstić information content (AvgIpc) is 2.67. The van der Waals surface area contributed by atoms with E-state index in [-0.39, 0.29) is 5.91 Å². The van der Waals surface area contributed by atoms with E-state index >= 15 is 0 Å². The number of methoxy groups -OCH3 is 1. The third-order valence-corrected chi connectivity index (χ3v) is 3.94. The summed E-state index contributed by atoms with van der Waals surface area (Å²) in [4.78, 5) is 24.6. The molecule has 0 aromatic heterocycles. The zero-order chi connectivity index (χ0) is 18.5. The van der Waals surface area contributed by atoms with Crippen molar-refractivity contribution in [2.45, 2.75) is 6.92 Å². The Balaban J connectivity index is 1.89. The van der Waals surface area contributed by atoms with Crippen LogP contribution >= 0.6 is 0 Å². The summed E-state index contributed by atoms with van der Waals surface area (Å²) in [5, 5.41) is 4.74. The summed E-state index contributed by atoms with van der Waals surface area (Å²) in [6.07, 6.45) is 0. The first kappa shape index (κ1) is 17.5. The van der Waals surface area contributed by atoms with E-state index in [9.17, 15) is 9.59 Å². The van der Waals surface area contributed by atoms with Crippen LogP contribution in [0.2, 0.25) is 0 Å². The molecule has 0 aliphatic heterocycles. The number of hydrogen-bond donors (Lipinski definition) is 1. The Hall–Kier alpha value is -3.34. The van der Waals surface area contributed by atoms with Crippen molar-refractivity contribution in [1.29, 1.82) is 0 Å². The van der Waals surface area contributed by atoms with Gasteiger partial charge in [-0.25, -0.2) is 4.79 Å². The normalized spacial score (nSPS) is 10.4. The first-order valence-electron chi connectivity index (χ1n) is 8.27. The Kier molecular flexibility index (Phi) is 5.17. The minimum Gasteiger partial charge on any atom is -0.496 e. The minimum atomic E-state index is -0.424. The van der Waals surface area contributed by atoms with E-state index in [1.807, 2.05) is 30.3 Å². The van der Waals surface area contributed by atoms with Gasteiger partial charge in [0.2, 0.25) is 0 Å². The largest absolute Gasteiger partial charge is 0.496 e. The lowest BCUT2D eigenvalue weighted by Gasteiger charge is -2.12. The summed E-state index contributed by atoms with van der Waals surface area (Å²) in [6, 6.07) is 18.0. The molecule has 0 saturated heterocycles. The molecule has 0 atom stereocenters. The maximum Gasteiger partial charge on any atom is 0.338 e. The predicted molar refractivity (Wildman–Crippen MR) is 101 cm³/mol. The average molecular weight is 349 g/mol. The molecule has 5 nitrogen and oxygen atoms in total. The summed E-state index contributed by atoms with van der Waals surface area (Å²) in [7, 11) is 1.53. The Morgan fingerprint density at radius 3 is 2.38 bits per heavy atom. The Morgan fingerprint density at radius 2 is 1.69 bits per heavy atom. The highest BCUT2D eigenvalue weighted by Crippen LogP contribution is 2.27. The van der Waals surface area contributed by atoms with Crippen molar-refractivity contribution in [3.63, 3.8) is 0 Å². The van der Waals surface area contributed by atoms with E-state index in [0.29, 0.717) is 29.2 Å². The van der Waals surface area contributed by atoms with Crippen LogP contribution in [0.15, 0.2) is 60.7 Å². The molecule has 0 bridgehead atoms. The van der Waals surface area contributed by atoms with Gasteiger partial charge in [0.15, 0.2) is 0 Å². The fourth-order valence-electron chi connectivity index (χ4n) is 2.70. The van der Waals surface area contributed by atoms with Crippen molar-refractivity contribution in [1.82, 2.24) is 0 Å². The highest BCUT2D eigenvalue weighted by atomic mass is 16.5. The molecule has 0 radical (unpaired) electrons. The van der Waals surface area contributed by atoms with Gasteiger partial charge in [0, 0.05) is 5.69 Å². The van der Waals surface area contributed by atoms with Crippen molar-refractivity contribution < 1.29 is 19.1 Å². The standard InChI is InChI=1S/C21H19NO4/c1-3-26-21(24)16-9-6-10-17(11-16)22-20(23)18-12-14-7-4-5-8-15(14)13-19(18)25-2/h4-13H,3H2,1-2H3,(H,22,23). The number of carbonyl (C=O) groups excluding carboxylic acids is 2. The zero-order valence-electron chi connectivity index (χ0n) is 14.6. The second-order valence-electron chi connectivity index (χ2n) is 5.66. The van der Waals surface area contributed by atoms with Gasteiger partial charge in [-0.15, -0.1) is 0 Å². The molecule has 132 valence electrons. The van der Waals surface area contributed by atoms with Gasteiger partial charge in [0.1, 0.15) is 5.75 Å². The second-order valence-corrected chi connectivity index (χ2v) is 5.66. The van der Waals surface area contributed by atoms with Crippen molar-refractivity contribution in [3.8, 4) is 5.75 Å². The first-order valence-corrected chi connectivity index (χ1v) is 8.27. The molecule has 3 aromatic rings. The molecule has 1 N–H and O–H groups in total. The lowest BCUT2D eigenvalue weighted by Crippen LogP contribution is -2.14. The van der Waals surface area contributed by atoms with Gasteiger partial charge in [0.25, 0.3) is 5.91 Å². The molecular formula is C21H19NO4. The van der Waals surface area contributed by atoms with E-state index in [1.54, 1.807) is 37.3 Å². The summed E-state index contributed by atoms with van der Waals surface area (Å²) < 4.78 is 10.4. The van der Waals surface area contributed by atoms with Crippen LogP contribution in [-0.2, 0) is 4.74 Å². The molecule has 0 spiro atoms. The quantitative estimate of drug-likeness (QED) is 0.698.